The van der Waals surface area contributed by atoms with E-state index in [9.17, 15) is 17.2 Å². The summed E-state index contributed by atoms with van der Waals surface area (Å²) in [6.07, 6.45) is 1.24. The van der Waals surface area contributed by atoms with Gasteiger partial charge in [0.15, 0.2) is 0 Å². The number of nitrogens with zero attached hydrogens (tertiary/aromatic N) is 4. The second kappa shape index (κ2) is 5.52. The lowest BCUT2D eigenvalue weighted by Gasteiger charge is -2.11. The Morgan fingerprint density at radius 1 is 1.22 bits per heavy atom. The zero-order valence-corrected chi connectivity index (χ0v) is 12.5. The third kappa shape index (κ3) is 2.96. The third-order valence-electron chi connectivity index (χ3n) is 2.88. The minimum Gasteiger partial charge on any atom is -0.292 e. The van der Waals surface area contributed by atoms with Crippen LogP contribution in [-0.4, -0.2) is 28.0 Å². The van der Waals surface area contributed by atoms with Gasteiger partial charge in [-0.1, -0.05) is 0 Å². The standard InChI is InChI=1S/C12H10F2N6O2S/c1-7-4-11(20-12(17-7)15-6-16-20)18-19-23(21,22)10-5-8(13)2-3-9(10)14/h2-6,18-19H,1H3. The molecule has 0 saturated heterocycles. The molecule has 2 heterocycles. The lowest BCUT2D eigenvalue weighted by Crippen LogP contribution is -2.31. The number of fused-ring (bicyclic) bond motifs is 1. The molecule has 0 radical (unpaired) electrons. The molecular weight excluding hydrogens is 330 g/mol. The Morgan fingerprint density at radius 2 is 2.00 bits per heavy atom. The van der Waals surface area contributed by atoms with Crippen molar-refractivity contribution >= 4 is 21.6 Å². The van der Waals surface area contributed by atoms with Crippen LogP contribution in [0.5, 0.6) is 0 Å². The summed E-state index contributed by atoms with van der Waals surface area (Å²) in [5.41, 5.74) is 2.95. The van der Waals surface area contributed by atoms with Gasteiger partial charge in [-0.15, -0.1) is 4.83 Å². The molecule has 0 spiro atoms. The van der Waals surface area contributed by atoms with Crippen LogP contribution in [-0.2, 0) is 10.0 Å². The lowest BCUT2D eigenvalue weighted by molar-refractivity contribution is 0.548. The first kappa shape index (κ1) is 15.2. The summed E-state index contributed by atoms with van der Waals surface area (Å²) in [6, 6.07) is 3.65. The van der Waals surface area contributed by atoms with Gasteiger partial charge in [-0.3, -0.25) is 5.43 Å². The highest BCUT2D eigenvalue weighted by Gasteiger charge is 2.20. The quantitative estimate of drug-likeness (QED) is 0.688. The minimum atomic E-state index is -4.33. The number of halogens is 2. The highest BCUT2D eigenvalue weighted by Crippen LogP contribution is 2.16. The molecule has 1 aromatic carbocycles. The maximum Gasteiger partial charge on any atom is 0.260 e. The van der Waals surface area contributed by atoms with Gasteiger partial charge in [-0.05, 0) is 25.1 Å². The second-order valence-electron chi connectivity index (χ2n) is 4.56. The average Bonchev–Trinajstić information content (AvgIpc) is 2.95. The fourth-order valence-corrected chi connectivity index (χ4v) is 2.82. The van der Waals surface area contributed by atoms with Crippen LogP contribution in [0.15, 0.2) is 35.5 Å². The van der Waals surface area contributed by atoms with Gasteiger partial charge in [0.1, 0.15) is 28.7 Å². The van der Waals surface area contributed by atoms with E-state index in [-0.39, 0.29) is 11.6 Å². The molecule has 0 bridgehead atoms. The van der Waals surface area contributed by atoms with Crippen molar-refractivity contribution in [1.29, 1.82) is 0 Å². The summed E-state index contributed by atoms with van der Waals surface area (Å²) in [4.78, 5) is 9.12. The van der Waals surface area contributed by atoms with Gasteiger partial charge in [0.05, 0.1) is 0 Å². The Kier molecular flexibility index (Phi) is 3.66. The fourth-order valence-electron chi connectivity index (χ4n) is 1.88. The van der Waals surface area contributed by atoms with E-state index < -0.39 is 26.6 Å². The van der Waals surface area contributed by atoms with Crippen molar-refractivity contribution < 1.29 is 17.2 Å². The highest BCUT2D eigenvalue weighted by molar-refractivity contribution is 7.89. The van der Waals surface area contributed by atoms with Crippen molar-refractivity contribution in [3.8, 4) is 0 Å². The molecule has 0 saturated carbocycles. The normalized spacial score (nSPS) is 11.8. The van der Waals surface area contributed by atoms with Crippen LogP contribution in [0.25, 0.3) is 5.78 Å². The van der Waals surface area contributed by atoms with E-state index in [1.807, 2.05) is 4.83 Å². The average molecular weight is 340 g/mol. The summed E-state index contributed by atoms with van der Waals surface area (Å²) in [7, 11) is -4.33. The zero-order chi connectivity index (χ0) is 16.6. The predicted molar refractivity (Wildman–Crippen MR) is 75.8 cm³/mol. The molecule has 23 heavy (non-hydrogen) atoms. The van der Waals surface area contributed by atoms with Crippen LogP contribution in [0, 0.1) is 18.6 Å². The Labute approximate surface area is 129 Å². The Morgan fingerprint density at radius 3 is 2.78 bits per heavy atom. The number of hydrogen-bond donors (Lipinski definition) is 2. The molecule has 0 aliphatic carbocycles. The van der Waals surface area contributed by atoms with E-state index >= 15 is 0 Å². The molecule has 11 heteroatoms. The molecule has 8 nitrogen and oxygen atoms in total. The molecule has 0 aliphatic heterocycles. The van der Waals surface area contributed by atoms with Crippen molar-refractivity contribution in [3.05, 3.63) is 47.9 Å². The van der Waals surface area contributed by atoms with Gasteiger partial charge in [0, 0.05) is 11.8 Å². The number of benzene rings is 1. The summed E-state index contributed by atoms with van der Waals surface area (Å²) in [5, 5.41) is 3.88. The lowest BCUT2D eigenvalue weighted by atomic mass is 10.3. The van der Waals surface area contributed by atoms with E-state index in [4.69, 9.17) is 0 Å². The predicted octanol–water partition coefficient (Wildman–Crippen LogP) is 1.02. The number of hydrazine groups is 1. The topological polar surface area (TPSA) is 101 Å². The first-order valence-electron chi connectivity index (χ1n) is 6.27. The van der Waals surface area contributed by atoms with Crippen LogP contribution >= 0.6 is 0 Å². The van der Waals surface area contributed by atoms with Crippen LogP contribution in [0.4, 0.5) is 14.6 Å². The van der Waals surface area contributed by atoms with Crippen molar-refractivity contribution in [3.63, 3.8) is 0 Å². The first-order valence-corrected chi connectivity index (χ1v) is 7.75. The van der Waals surface area contributed by atoms with E-state index in [1.165, 1.54) is 16.9 Å². The molecular formula is C12H10F2N6O2S. The van der Waals surface area contributed by atoms with Crippen molar-refractivity contribution in [1.82, 2.24) is 24.4 Å². The number of sulfonamides is 1. The summed E-state index contributed by atoms with van der Waals surface area (Å²) >= 11 is 0. The van der Waals surface area contributed by atoms with Crippen molar-refractivity contribution in [2.24, 2.45) is 0 Å². The number of nitrogens with one attached hydrogen (secondary N) is 2. The van der Waals surface area contributed by atoms with Gasteiger partial charge < -0.3 is 0 Å². The van der Waals surface area contributed by atoms with Crippen LogP contribution in [0.2, 0.25) is 0 Å². The van der Waals surface area contributed by atoms with E-state index in [2.05, 4.69) is 20.5 Å². The first-order chi connectivity index (χ1) is 10.9. The van der Waals surface area contributed by atoms with Crippen molar-refractivity contribution in [2.45, 2.75) is 11.8 Å². The maximum absolute atomic E-state index is 13.6. The molecule has 3 aromatic rings. The number of aryl methyl sites for hydroxylation is 1. The Balaban J connectivity index is 1.92. The van der Waals surface area contributed by atoms with Crippen LogP contribution in [0.3, 0.4) is 0 Å². The zero-order valence-electron chi connectivity index (χ0n) is 11.7. The van der Waals surface area contributed by atoms with E-state index in [0.717, 1.165) is 12.1 Å². The summed E-state index contributed by atoms with van der Waals surface area (Å²) in [5.74, 6) is -1.48. The minimum absolute atomic E-state index is 0.213. The monoisotopic (exact) mass is 340 g/mol. The number of rotatable bonds is 4. The largest absolute Gasteiger partial charge is 0.292 e. The fraction of sp³-hybridized carbons (Fsp3) is 0.0833. The molecule has 120 valence electrons. The van der Waals surface area contributed by atoms with E-state index in [1.54, 1.807) is 6.92 Å². The second-order valence-corrected chi connectivity index (χ2v) is 6.21. The van der Waals surface area contributed by atoms with Crippen molar-refractivity contribution in [2.75, 3.05) is 5.43 Å². The van der Waals surface area contributed by atoms with Gasteiger partial charge in [0.25, 0.3) is 15.8 Å². The molecule has 2 N–H and O–H groups in total. The van der Waals surface area contributed by atoms with Gasteiger partial charge in [-0.2, -0.15) is 14.6 Å². The molecule has 2 aromatic heterocycles. The van der Waals surface area contributed by atoms with Gasteiger partial charge >= 0.3 is 0 Å². The third-order valence-corrected chi connectivity index (χ3v) is 4.14. The molecule has 0 amide bonds. The number of anilines is 1. The van der Waals surface area contributed by atoms with Crippen LogP contribution in [0.1, 0.15) is 5.69 Å². The van der Waals surface area contributed by atoms with E-state index in [0.29, 0.717) is 11.8 Å². The van der Waals surface area contributed by atoms with Gasteiger partial charge in [-0.25, -0.2) is 22.2 Å². The smallest absolute Gasteiger partial charge is 0.260 e. The highest BCUT2D eigenvalue weighted by atomic mass is 32.2. The molecule has 3 rings (SSSR count). The number of hydrogen-bond acceptors (Lipinski definition) is 6. The Hall–Kier alpha value is -2.66. The number of aromatic nitrogens is 4. The summed E-state index contributed by atoms with van der Waals surface area (Å²) < 4.78 is 52.2. The van der Waals surface area contributed by atoms with Crippen LogP contribution < -0.4 is 10.3 Å². The molecule has 0 unspecified atom stereocenters. The molecule has 0 atom stereocenters. The SMILES string of the molecule is Cc1cc(NNS(=O)(=O)c2cc(F)ccc2F)n2ncnc2n1. The van der Waals surface area contributed by atoms with Gasteiger partial charge in [0.2, 0.25) is 0 Å². The summed E-state index contributed by atoms with van der Waals surface area (Å²) in [6.45, 7) is 1.68. The maximum atomic E-state index is 13.6. The molecule has 0 fully saturated rings. The molecule has 0 aliphatic rings. The Bertz CT molecular complexity index is 988.